The van der Waals surface area contributed by atoms with E-state index in [1.54, 1.807) is 0 Å². The fourth-order valence-corrected chi connectivity index (χ4v) is 7.07. The van der Waals surface area contributed by atoms with Gasteiger partial charge in [0.2, 0.25) is 0 Å². The monoisotopic (exact) mass is 643 g/mol. The minimum Gasteiger partial charge on any atom is -0.456 e. The van der Waals surface area contributed by atoms with Crippen LogP contribution in [0.5, 0.6) is 23.0 Å². The predicted octanol–water partition coefficient (Wildman–Crippen LogP) is 13.4. The standard InChI is InChI=1S/C46H29NO3/c1-2-8-30(9-3-1)31-16-21-35(22-17-31)47(37-25-26-39-38-12-4-5-13-40(38)48-44(39)29-37)36-23-18-32(19-24-36)34-20-27-41-45(28-34)50-43-15-7-11-33-10-6-14-42(49-41)46(33)43/h1-29H. The van der Waals surface area contributed by atoms with E-state index in [9.17, 15) is 0 Å². The maximum absolute atomic E-state index is 6.47. The van der Waals surface area contributed by atoms with E-state index < -0.39 is 0 Å². The Morgan fingerprint density at radius 1 is 0.340 bits per heavy atom. The molecule has 0 amide bonds. The molecular formula is C46H29NO3. The first-order valence-corrected chi connectivity index (χ1v) is 16.7. The lowest BCUT2D eigenvalue weighted by Gasteiger charge is -2.26. The summed E-state index contributed by atoms with van der Waals surface area (Å²) in [6.07, 6.45) is 0. The first-order chi connectivity index (χ1) is 24.7. The molecule has 0 atom stereocenters. The van der Waals surface area contributed by atoms with Crippen LogP contribution in [-0.2, 0) is 0 Å². The van der Waals surface area contributed by atoms with Gasteiger partial charge in [0.25, 0.3) is 0 Å². The number of para-hydroxylation sites is 1. The van der Waals surface area contributed by atoms with Gasteiger partial charge >= 0.3 is 0 Å². The van der Waals surface area contributed by atoms with Crippen LogP contribution >= 0.6 is 0 Å². The molecular weight excluding hydrogens is 615 g/mol. The fraction of sp³-hybridized carbons (Fsp3) is 0. The van der Waals surface area contributed by atoms with Crippen molar-refractivity contribution in [3.63, 3.8) is 0 Å². The van der Waals surface area contributed by atoms with E-state index in [-0.39, 0.29) is 0 Å². The van der Waals surface area contributed by atoms with Gasteiger partial charge in [0.15, 0.2) is 11.5 Å². The molecule has 8 aromatic carbocycles. The summed E-state index contributed by atoms with van der Waals surface area (Å²) in [7, 11) is 0. The normalized spacial score (nSPS) is 11.9. The maximum Gasteiger partial charge on any atom is 0.170 e. The molecule has 50 heavy (non-hydrogen) atoms. The van der Waals surface area contributed by atoms with Crippen LogP contribution in [0.15, 0.2) is 180 Å². The average Bonchev–Trinajstić information content (AvgIpc) is 3.46. The quantitative estimate of drug-likeness (QED) is 0.187. The third-order valence-electron chi connectivity index (χ3n) is 9.52. The summed E-state index contributed by atoms with van der Waals surface area (Å²) in [5.41, 5.74) is 9.33. The van der Waals surface area contributed by atoms with Crippen LogP contribution in [0.1, 0.15) is 0 Å². The molecule has 0 spiro atoms. The summed E-state index contributed by atoms with van der Waals surface area (Å²) in [6, 6.07) is 60.8. The molecule has 9 aromatic rings. The topological polar surface area (TPSA) is 34.8 Å². The summed E-state index contributed by atoms with van der Waals surface area (Å²) in [6.45, 7) is 0. The van der Waals surface area contributed by atoms with Gasteiger partial charge in [-0.1, -0.05) is 103 Å². The van der Waals surface area contributed by atoms with Crippen LogP contribution in [-0.4, -0.2) is 0 Å². The van der Waals surface area contributed by atoms with Crippen molar-refractivity contribution in [3.05, 3.63) is 176 Å². The summed E-state index contributed by atoms with van der Waals surface area (Å²) in [5, 5.41) is 4.29. The molecule has 1 aliphatic rings. The van der Waals surface area contributed by atoms with E-state index in [2.05, 4.69) is 132 Å². The van der Waals surface area contributed by atoms with Crippen molar-refractivity contribution in [3.8, 4) is 45.3 Å². The number of rotatable bonds is 5. The molecule has 236 valence electrons. The summed E-state index contributed by atoms with van der Waals surface area (Å²) in [5.74, 6) is 2.97. The number of furan rings is 1. The second kappa shape index (κ2) is 11.4. The molecule has 0 bridgehead atoms. The molecule has 1 aliphatic heterocycles. The molecule has 1 aromatic heterocycles. The Balaban J connectivity index is 1.03. The minimum absolute atomic E-state index is 0.689. The van der Waals surface area contributed by atoms with Gasteiger partial charge < -0.3 is 18.8 Å². The van der Waals surface area contributed by atoms with Crippen molar-refractivity contribution in [2.75, 3.05) is 4.90 Å². The van der Waals surface area contributed by atoms with Crippen LogP contribution in [0.4, 0.5) is 17.1 Å². The Hall–Kier alpha value is -6.78. The predicted molar refractivity (Wildman–Crippen MR) is 203 cm³/mol. The van der Waals surface area contributed by atoms with E-state index in [0.29, 0.717) is 11.5 Å². The lowest BCUT2D eigenvalue weighted by atomic mass is 10.0. The van der Waals surface area contributed by atoms with Gasteiger partial charge in [-0.05, 0) is 94.4 Å². The first-order valence-electron chi connectivity index (χ1n) is 16.7. The Bertz CT molecular complexity index is 2690. The molecule has 0 radical (unpaired) electrons. The third-order valence-corrected chi connectivity index (χ3v) is 9.52. The lowest BCUT2D eigenvalue weighted by Crippen LogP contribution is -2.09. The molecule has 10 rings (SSSR count). The van der Waals surface area contributed by atoms with Gasteiger partial charge in [-0.15, -0.1) is 0 Å². The molecule has 0 saturated carbocycles. The summed E-state index contributed by atoms with van der Waals surface area (Å²) < 4.78 is 19.1. The smallest absolute Gasteiger partial charge is 0.170 e. The van der Waals surface area contributed by atoms with Gasteiger partial charge in [-0.3, -0.25) is 0 Å². The van der Waals surface area contributed by atoms with E-state index in [4.69, 9.17) is 13.9 Å². The summed E-state index contributed by atoms with van der Waals surface area (Å²) in [4.78, 5) is 2.27. The van der Waals surface area contributed by atoms with Crippen LogP contribution in [0.2, 0.25) is 0 Å². The van der Waals surface area contributed by atoms with Gasteiger partial charge in [-0.25, -0.2) is 0 Å². The van der Waals surface area contributed by atoms with Crippen molar-refractivity contribution in [2.24, 2.45) is 0 Å². The largest absolute Gasteiger partial charge is 0.456 e. The van der Waals surface area contributed by atoms with Crippen molar-refractivity contribution in [1.29, 1.82) is 0 Å². The highest BCUT2D eigenvalue weighted by molar-refractivity contribution is 6.06. The maximum atomic E-state index is 6.47. The zero-order valence-corrected chi connectivity index (χ0v) is 26.9. The molecule has 4 heteroatoms. The molecule has 0 unspecified atom stereocenters. The van der Waals surface area contributed by atoms with E-state index in [1.165, 1.54) is 11.1 Å². The van der Waals surface area contributed by atoms with Gasteiger partial charge in [0, 0.05) is 33.9 Å². The Kier molecular flexibility index (Phi) is 6.46. The molecule has 0 aliphatic carbocycles. The number of fused-ring (bicyclic) bond motifs is 4. The lowest BCUT2D eigenvalue weighted by molar-refractivity contribution is 0.439. The highest BCUT2D eigenvalue weighted by atomic mass is 16.5. The number of benzene rings is 8. The second-order valence-electron chi connectivity index (χ2n) is 12.5. The SMILES string of the molecule is c1ccc(-c2ccc(N(c3ccc(-c4ccc5c(c4)Oc4cccc6cccc(c46)O5)cc3)c3ccc4c(c3)oc3ccccc34)cc2)cc1. The number of hydrogen-bond acceptors (Lipinski definition) is 4. The molecule has 2 heterocycles. The molecule has 0 saturated heterocycles. The van der Waals surface area contributed by atoms with E-state index >= 15 is 0 Å². The molecule has 0 fully saturated rings. The van der Waals surface area contributed by atoms with E-state index in [1.807, 2.05) is 48.5 Å². The van der Waals surface area contributed by atoms with Crippen LogP contribution in [0, 0.1) is 0 Å². The Morgan fingerprint density at radius 2 is 0.920 bits per heavy atom. The van der Waals surface area contributed by atoms with Crippen molar-refractivity contribution in [1.82, 2.24) is 0 Å². The Morgan fingerprint density at radius 3 is 1.66 bits per heavy atom. The van der Waals surface area contributed by atoms with Crippen LogP contribution < -0.4 is 14.4 Å². The Labute approximate surface area is 289 Å². The second-order valence-corrected chi connectivity index (χ2v) is 12.5. The van der Waals surface area contributed by atoms with Crippen molar-refractivity contribution < 1.29 is 13.9 Å². The number of nitrogens with zero attached hydrogens (tertiary/aromatic N) is 1. The van der Waals surface area contributed by atoms with Crippen LogP contribution in [0.25, 0.3) is 55.0 Å². The highest BCUT2D eigenvalue weighted by Crippen LogP contribution is 2.47. The fourth-order valence-electron chi connectivity index (χ4n) is 7.07. The number of ether oxygens (including phenoxy) is 2. The van der Waals surface area contributed by atoms with Crippen LogP contribution in [0.3, 0.4) is 0 Å². The van der Waals surface area contributed by atoms with E-state index in [0.717, 1.165) is 72.4 Å². The van der Waals surface area contributed by atoms with Crippen molar-refractivity contribution in [2.45, 2.75) is 0 Å². The minimum atomic E-state index is 0.689. The molecule has 0 N–H and O–H groups in total. The van der Waals surface area contributed by atoms with Crippen molar-refractivity contribution >= 4 is 49.8 Å². The highest BCUT2D eigenvalue weighted by Gasteiger charge is 2.20. The zero-order chi connectivity index (χ0) is 33.0. The number of anilines is 3. The summed E-state index contributed by atoms with van der Waals surface area (Å²) >= 11 is 0. The number of hydrogen-bond donors (Lipinski definition) is 0. The average molecular weight is 644 g/mol. The molecule has 4 nitrogen and oxygen atoms in total. The van der Waals surface area contributed by atoms with Gasteiger partial charge in [0.1, 0.15) is 22.7 Å². The van der Waals surface area contributed by atoms with Gasteiger partial charge in [-0.2, -0.15) is 0 Å². The third kappa shape index (κ3) is 4.77. The van der Waals surface area contributed by atoms with Gasteiger partial charge in [0.05, 0.1) is 5.39 Å². The zero-order valence-electron chi connectivity index (χ0n) is 26.9. The first kappa shape index (κ1) is 28.3.